The number of nitrogen functional groups attached to an aromatic ring is 1. The maximum absolute atomic E-state index is 11.9. The van der Waals surface area contributed by atoms with Crippen molar-refractivity contribution in [2.45, 2.75) is 20.8 Å². The lowest BCUT2D eigenvalue weighted by molar-refractivity contribution is -0.142. The molecule has 0 aliphatic rings. The Morgan fingerprint density at radius 3 is 2.58 bits per heavy atom. The molecule has 0 saturated carbocycles. The van der Waals surface area contributed by atoms with Crippen LogP contribution in [0.15, 0.2) is 34.8 Å². The number of benzene rings is 2. The molecule has 0 atom stereocenters. The van der Waals surface area contributed by atoms with Gasteiger partial charge in [0.25, 0.3) is 0 Å². The number of anilines is 1. The summed E-state index contributed by atoms with van der Waals surface area (Å²) in [5.74, 6) is 0.257. The zero-order chi connectivity index (χ0) is 14.2. The van der Waals surface area contributed by atoms with E-state index in [1.165, 1.54) is 0 Å². The van der Waals surface area contributed by atoms with Crippen LogP contribution in [0.25, 0.3) is 10.8 Å². The van der Waals surface area contributed by atoms with Crippen LogP contribution < -0.4 is 10.5 Å². The van der Waals surface area contributed by atoms with Gasteiger partial charge in [0.15, 0.2) is 0 Å². The van der Waals surface area contributed by atoms with Crippen molar-refractivity contribution in [2.75, 3.05) is 5.73 Å². The lowest BCUT2D eigenvalue weighted by Crippen LogP contribution is -2.25. The van der Waals surface area contributed by atoms with Gasteiger partial charge < -0.3 is 10.5 Å². The zero-order valence-corrected chi connectivity index (χ0v) is 12.7. The number of fused-ring (bicyclic) bond motifs is 1. The molecular weight excluding hydrogens is 306 g/mol. The monoisotopic (exact) mass is 321 g/mol. The molecule has 0 heterocycles. The third kappa shape index (κ3) is 2.89. The second-order valence-electron chi connectivity index (χ2n) is 5.49. The predicted molar refractivity (Wildman–Crippen MR) is 81.2 cm³/mol. The largest absolute Gasteiger partial charge is 0.426 e. The Bertz CT molecular complexity index is 644. The van der Waals surface area contributed by atoms with Gasteiger partial charge in [0.1, 0.15) is 5.75 Å². The Morgan fingerprint density at radius 2 is 1.95 bits per heavy atom. The van der Waals surface area contributed by atoms with E-state index in [9.17, 15) is 4.79 Å². The number of carbonyl (C=O) groups excluding carboxylic acids is 1. The van der Waals surface area contributed by atoms with Crippen LogP contribution in [-0.4, -0.2) is 5.97 Å². The van der Waals surface area contributed by atoms with Crippen LogP contribution >= 0.6 is 15.9 Å². The summed E-state index contributed by atoms with van der Waals surface area (Å²) in [6.07, 6.45) is 0. The summed E-state index contributed by atoms with van der Waals surface area (Å²) in [7, 11) is 0. The fraction of sp³-hybridized carbons (Fsp3) is 0.267. The first kappa shape index (κ1) is 13.9. The highest BCUT2D eigenvalue weighted by Gasteiger charge is 2.24. The Morgan fingerprint density at radius 1 is 1.26 bits per heavy atom. The Hall–Kier alpha value is -1.55. The SMILES string of the molecule is CC(C)(C)C(=O)Oc1cc(Br)c2c(N)cccc2c1. The van der Waals surface area contributed by atoms with Crippen LogP contribution in [0, 0.1) is 5.41 Å². The molecule has 2 rings (SSSR count). The molecular formula is C15H16BrNO2. The molecule has 0 aliphatic heterocycles. The summed E-state index contributed by atoms with van der Waals surface area (Å²) in [6.45, 7) is 5.47. The van der Waals surface area contributed by atoms with Crippen LogP contribution in [0.2, 0.25) is 0 Å². The number of rotatable bonds is 1. The lowest BCUT2D eigenvalue weighted by Gasteiger charge is -2.17. The molecule has 0 spiro atoms. The van der Waals surface area contributed by atoms with Gasteiger partial charge in [-0.1, -0.05) is 12.1 Å². The average Bonchev–Trinajstić information content (AvgIpc) is 2.27. The lowest BCUT2D eigenvalue weighted by atomic mass is 9.97. The third-order valence-corrected chi connectivity index (χ3v) is 3.38. The van der Waals surface area contributed by atoms with Crippen molar-refractivity contribution in [3.63, 3.8) is 0 Å². The summed E-state index contributed by atoms with van der Waals surface area (Å²) in [5.41, 5.74) is 6.10. The fourth-order valence-corrected chi connectivity index (χ4v) is 2.38. The number of halogens is 1. The smallest absolute Gasteiger partial charge is 0.316 e. The van der Waals surface area contributed by atoms with E-state index in [0.29, 0.717) is 11.4 Å². The van der Waals surface area contributed by atoms with Gasteiger partial charge in [0.2, 0.25) is 0 Å². The quantitative estimate of drug-likeness (QED) is 0.488. The highest BCUT2D eigenvalue weighted by Crippen LogP contribution is 2.33. The molecule has 4 heteroatoms. The molecule has 0 saturated heterocycles. The van der Waals surface area contributed by atoms with Crippen molar-refractivity contribution in [1.29, 1.82) is 0 Å². The van der Waals surface area contributed by atoms with Crippen molar-refractivity contribution in [1.82, 2.24) is 0 Å². The summed E-state index contributed by atoms with van der Waals surface area (Å²) in [6, 6.07) is 9.24. The van der Waals surface area contributed by atoms with Crippen LogP contribution in [0.5, 0.6) is 5.75 Å². The van der Waals surface area contributed by atoms with Crippen molar-refractivity contribution in [2.24, 2.45) is 5.41 Å². The normalized spacial score (nSPS) is 11.6. The van der Waals surface area contributed by atoms with E-state index in [0.717, 1.165) is 15.2 Å². The van der Waals surface area contributed by atoms with E-state index in [-0.39, 0.29) is 5.97 Å². The maximum atomic E-state index is 11.9. The number of ether oxygens (including phenoxy) is 1. The number of carbonyl (C=O) groups is 1. The second kappa shape index (κ2) is 4.85. The Kier molecular flexibility index (Phi) is 3.54. The van der Waals surface area contributed by atoms with Gasteiger partial charge in [-0.25, -0.2) is 0 Å². The van der Waals surface area contributed by atoms with Crippen LogP contribution in [0.4, 0.5) is 5.69 Å². The summed E-state index contributed by atoms with van der Waals surface area (Å²) >= 11 is 3.47. The van der Waals surface area contributed by atoms with Crippen molar-refractivity contribution < 1.29 is 9.53 Å². The van der Waals surface area contributed by atoms with Gasteiger partial charge >= 0.3 is 5.97 Å². The molecule has 0 radical (unpaired) electrons. The van der Waals surface area contributed by atoms with Crippen LogP contribution in [0.1, 0.15) is 20.8 Å². The molecule has 0 bridgehead atoms. The highest BCUT2D eigenvalue weighted by molar-refractivity contribution is 9.10. The molecule has 3 nitrogen and oxygen atoms in total. The second-order valence-corrected chi connectivity index (χ2v) is 6.34. The van der Waals surface area contributed by atoms with Gasteiger partial charge in [0, 0.05) is 15.5 Å². The minimum Gasteiger partial charge on any atom is -0.426 e. The predicted octanol–water partition coefficient (Wildman–Crippen LogP) is 4.14. The van der Waals surface area contributed by atoms with Crippen molar-refractivity contribution >= 4 is 38.4 Å². The van der Waals surface area contributed by atoms with Gasteiger partial charge in [-0.2, -0.15) is 0 Å². The molecule has 100 valence electrons. The van der Waals surface area contributed by atoms with Crippen LogP contribution in [-0.2, 0) is 4.79 Å². The fourth-order valence-electron chi connectivity index (χ4n) is 1.70. The first-order valence-corrected chi connectivity index (χ1v) is 6.78. The molecule has 0 amide bonds. The molecule has 19 heavy (non-hydrogen) atoms. The number of hydrogen-bond donors (Lipinski definition) is 1. The van der Waals surface area contributed by atoms with Gasteiger partial charge in [-0.05, 0) is 60.3 Å². The highest BCUT2D eigenvalue weighted by atomic mass is 79.9. The molecule has 0 aliphatic carbocycles. The zero-order valence-electron chi connectivity index (χ0n) is 11.2. The molecule has 2 N–H and O–H groups in total. The third-order valence-electron chi connectivity index (χ3n) is 2.76. The molecule has 0 fully saturated rings. The molecule has 0 unspecified atom stereocenters. The van der Waals surface area contributed by atoms with E-state index in [1.807, 2.05) is 45.0 Å². The molecule has 0 aromatic heterocycles. The number of nitrogens with two attached hydrogens (primary N) is 1. The van der Waals surface area contributed by atoms with Gasteiger partial charge in [-0.3, -0.25) is 4.79 Å². The van der Waals surface area contributed by atoms with E-state index in [2.05, 4.69) is 15.9 Å². The van der Waals surface area contributed by atoms with Gasteiger partial charge in [-0.15, -0.1) is 0 Å². The molecule has 2 aromatic rings. The maximum Gasteiger partial charge on any atom is 0.316 e. The van der Waals surface area contributed by atoms with E-state index in [4.69, 9.17) is 10.5 Å². The van der Waals surface area contributed by atoms with Crippen molar-refractivity contribution in [3.05, 3.63) is 34.8 Å². The van der Waals surface area contributed by atoms with E-state index < -0.39 is 5.41 Å². The standard InChI is InChI=1S/C15H16BrNO2/c1-15(2,3)14(18)19-10-7-9-5-4-6-12(17)13(9)11(16)8-10/h4-8H,17H2,1-3H3. The Balaban J connectivity index is 2.45. The van der Waals surface area contributed by atoms with Gasteiger partial charge in [0.05, 0.1) is 5.41 Å². The first-order chi connectivity index (χ1) is 8.79. The van der Waals surface area contributed by atoms with E-state index >= 15 is 0 Å². The van der Waals surface area contributed by atoms with Crippen molar-refractivity contribution in [3.8, 4) is 5.75 Å². The Labute approximate surface area is 120 Å². The molecule has 2 aromatic carbocycles. The summed E-state index contributed by atoms with van der Waals surface area (Å²) in [5, 5.41) is 1.86. The minimum atomic E-state index is -0.531. The number of esters is 1. The topological polar surface area (TPSA) is 52.3 Å². The average molecular weight is 322 g/mol. The van der Waals surface area contributed by atoms with E-state index in [1.54, 1.807) is 6.07 Å². The first-order valence-electron chi connectivity index (χ1n) is 5.99. The summed E-state index contributed by atoms with van der Waals surface area (Å²) in [4.78, 5) is 11.9. The number of hydrogen-bond acceptors (Lipinski definition) is 3. The summed E-state index contributed by atoms with van der Waals surface area (Å²) < 4.78 is 6.22. The minimum absolute atomic E-state index is 0.261. The van der Waals surface area contributed by atoms with Crippen LogP contribution in [0.3, 0.4) is 0 Å².